The van der Waals surface area contributed by atoms with Gasteiger partial charge in [0.15, 0.2) is 0 Å². The molecule has 1 heterocycles. The summed E-state index contributed by atoms with van der Waals surface area (Å²) in [4.78, 5) is 26.4. The highest BCUT2D eigenvalue weighted by Gasteiger charge is 2.27. The summed E-state index contributed by atoms with van der Waals surface area (Å²) in [5.41, 5.74) is 2.08. The summed E-state index contributed by atoms with van der Waals surface area (Å²) in [5.74, 6) is -0.110. The molecule has 32 heavy (non-hydrogen) atoms. The summed E-state index contributed by atoms with van der Waals surface area (Å²) < 4.78 is 41.0. The van der Waals surface area contributed by atoms with Crippen molar-refractivity contribution in [2.24, 2.45) is 0 Å². The predicted octanol–water partition coefficient (Wildman–Crippen LogP) is 3.87. The van der Waals surface area contributed by atoms with Crippen molar-refractivity contribution in [3.63, 3.8) is 0 Å². The first kappa shape index (κ1) is 23.6. The van der Waals surface area contributed by atoms with Crippen LogP contribution in [0.4, 0.5) is 18.0 Å². The van der Waals surface area contributed by atoms with E-state index >= 15 is 0 Å². The number of urea groups is 1. The first-order chi connectivity index (χ1) is 15.3. The van der Waals surface area contributed by atoms with Gasteiger partial charge in [-0.05, 0) is 36.1 Å². The summed E-state index contributed by atoms with van der Waals surface area (Å²) in [6.07, 6.45) is -2.98. The number of amides is 3. The SMILES string of the molecule is O=C(NC1CCN(C(=O)NCc2ccc(COCC(F)(F)F)cc2)CC1)c1ccccc1. The molecule has 1 aliphatic rings. The Bertz CT molecular complexity index is 881. The summed E-state index contributed by atoms with van der Waals surface area (Å²) in [6.45, 7) is -0.00532. The van der Waals surface area contributed by atoms with Crippen LogP contribution in [0.2, 0.25) is 0 Å². The van der Waals surface area contributed by atoms with Crippen LogP contribution in [0.1, 0.15) is 34.3 Å². The van der Waals surface area contributed by atoms with Gasteiger partial charge >= 0.3 is 12.2 Å². The third-order valence-corrected chi connectivity index (χ3v) is 5.15. The Labute approximate surface area is 184 Å². The number of rotatable bonds is 7. The Morgan fingerprint density at radius 3 is 2.22 bits per heavy atom. The Kier molecular flexibility index (Phi) is 8.10. The van der Waals surface area contributed by atoms with E-state index in [9.17, 15) is 22.8 Å². The van der Waals surface area contributed by atoms with Crippen LogP contribution in [-0.4, -0.2) is 48.8 Å². The maximum absolute atomic E-state index is 12.4. The minimum Gasteiger partial charge on any atom is -0.367 e. The third kappa shape index (κ3) is 7.56. The number of alkyl halides is 3. The van der Waals surface area contributed by atoms with Crippen LogP contribution in [0.25, 0.3) is 0 Å². The topological polar surface area (TPSA) is 70.7 Å². The van der Waals surface area contributed by atoms with Crippen molar-refractivity contribution in [3.05, 3.63) is 71.3 Å². The molecule has 0 aromatic heterocycles. The van der Waals surface area contributed by atoms with Crippen LogP contribution in [0.3, 0.4) is 0 Å². The van der Waals surface area contributed by atoms with Gasteiger partial charge in [0.2, 0.25) is 0 Å². The minimum atomic E-state index is -4.34. The van der Waals surface area contributed by atoms with Gasteiger partial charge in [-0.15, -0.1) is 0 Å². The number of ether oxygens (including phenoxy) is 1. The zero-order chi connectivity index (χ0) is 23.0. The molecule has 172 valence electrons. The van der Waals surface area contributed by atoms with Crippen LogP contribution in [0.5, 0.6) is 0 Å². The highest BCUT2D eigenvalue weighted by atomic mass is 19.4. The van der Waals surface area contributed by atoms with E-state index in [1.54, 1.807) is 41.3 Å². The highest BCUT2D eigenvalue weighted by molar-refractivity contribution is 5.94. The van der Waals surface area contributed by atoms with Gasteiger partial charge in [-0.25, -0.2) is 4.79 Å². The van der Waals surface area contributed by atoms with E-state index in [2.05, 4.69) is 15.4 Å². The minimum absolute atomic E-state index is 0.0267. The average Bonchev–Trinajstić information content (AvgIpc) is 2.78. The summed E-state index contributed by atoms with van der Waals surface area (Å²) in [6, 6.07) is 15.7. The number of hydrogen-bond acceptors (Lipinski definition) is 3. The molecule has 0 aliphatic carbocycles. The molecule has 3 amide bonds. The van der Waals surface area contributed by atoms with Gasteiger partial charge in [0.25, 0.3) is 5.91 Å². The van der Waals surface area contributed by atoms with Gasteiger partial charge in [0, 0.05) is 31.2 Å². The van der Waals surface area contributed by atoms with Gasteiger partial charge < -0.3 is 20.3 Å². The van der Waals surface area contributed by atoms with Crippen molar-refractivity contribution in [1.82, 2.24) is 15.5 Å². The quantitative estimate of drug-likeness (QED) is 0.674. The van der Waals surface area contributed by atoms with Crippen molar-refractivity contribution >= 4 is 11.9 Å². The zero-order valence-corrected chi connectivity index (χ0v) is 17.5. The molecule has 1 aliphatic heterocycles. The summed E-state index contributed by atoms with van der Waals surface area (Å²) in [7, 11) is 0. The molecule has 0 saturated carbocycles. The van der Waals surface area contributed by atoms with Crippen molar-refractivity contribution in [2.45, 2.75) is 38.2 Å². The van der Waals surface area contributed by atoms with Gasteiger partial charge in [-0.1, -0.05) is 42.5 Å². The van der Waals surface area contributed by atoms with Crippen LogP contribution >= 0.6 is 0 Å². The average molecular weight is 449 g/mol. The smallest absolute Gasteiger partial charge is 0.367 e. The Balaban J connectivity index is 1.36. The molecule has 0 radical (unpaired) electrons. The summed E-state index contributed by atoms with van der Waals surface area (Å²) >= 11 is 0. The molecule has 2 N–H and O–H groups in total. The molecule has 0 spiro atoms. The Hall–Kier alpha value is -3.07. The normalized spacial score (nSPS) is 14.8. The molecule has 1 saturated heterocycles. The number of benzene rings is 2. The number of halogens is 3. The molecule has 0 bridgehead atoms. The van der Waals surface area contributed by atoms with E-state index in [-0.39, 0.29) is 24.6 Å². The molecule has 0 atom stereocenters. The zero-order valence-electron chi connectivity index (χ0n) is 17.5. The molecule has 9 heteroatoms. The van der Waals surface area contributed by atoms with Crippen molar-refractivity contribution in [1.29, 1.82) is 0 Å². The second kappa shape index (κ2) is 11.0. The largest absolute Gasteiger partial charge is 0.411 e. The molecule has 6 nitrogen and oxygen atoms in total. The van der Waals surface area contributed by atoms with E-state index in [0.717, 1.165) is 5.56 Å². The lowest BCUT2D eigenvalue weighted by atomic mass is 10.0. The van der Waals surface area contributed by atoms with Gasteiger partial charge in [0.05, 0.1) is 6.61 Å². The number of hydrogen-bond donors (Lipinski definition) is 2. The maximum Gasteiger partial charge on any atom is 0.411 e. The Morgan fingerprint density at radius 2 is 1.59 bits per heavy atom. The predicted molar refractivity (Wildman–Crippen MR) is 113 cm³/mol. The molecule has 2 aromatic rings. The number of nitrogens with zero attached hydrogens (tertiary/aromatic N) is 1. The Morgan fingerprint density at radius 1 is 0.969 bits per heavy atom. The molecule has 1 fully saturated rings. The fourth-order valence-electron chi connectivity index (χ4n) is 3.41. The maximum atomic E-state index is 12.4. The van der Waals surface area contributed by atoms with Crippen molar-refractivity contribution in [3.8, 4) is 0 Å². The number of likely N-dealkylation sites (tertiary alicyclic amines) is 1. The lowest BCUT2D eigenvalue weighted by Gasteiger charge is -2.32. The van der Waals surface area contributed by atoms with Crippen LogP contribution in [-0.2, 0) is 17.9 Å². The van der Waals surface area contributed by atoms with Gasteiger partial charge in [-0.3, -0.25) is 4.79 Å². The molecular weight excluding hydrogens is 423 g/mol. The standard InChI is InChI=1S/C23H26F3N3O3/c24-23(25,26)16-32-15-18-8-6-17(7-9-18)14-27-22(31)29-12-10-20(11-13-29)28-21(30)19-4-2-1-3-5-19/h1-9,20H,10-16H2,(H,27,31)(H,28,30). The molecule has 2 aromatic carbocycles. The second-order valence-electron chi connectivity index (χ2n) is 7.68. The number of carbonyl (C=O) groups is 2. The fourth-order valence-corrected chi connectivity index (χ4v) is 3.41. The third-order valence-electron chi connectivity index (χ3n) is 5.15. The van der Waals surface area contributed by atoms with Gasteiger partial charge in [-0.2, -0.15) is 13.2 Å². The number of carbonyl (C=O) groups excluding carboxylic acids is 2. The molecular formula is C23H26F3N3O3. The van der Waals surface area contributed by atoms with E-state index < -0.39 is 12.8 Å². The number of nitrogens with one attached hydrogen (secondary N) is 2. The fraction of sp³-hybridized carbons (Fsp3) is 0.391. The first-order valence-electron chi connectivity index (χ1n) is 10.4. The van der Waals surface area contributed by atoms with E-state index in [4.69, 9.17) is 0 Å². The van der Waals surface area contributed by atoms with E-state index in [0.29, 0.717) is 43.6 Å². The van der Waals surface area contributed by atoms with Crippen LogP contribution < -0.4 is 10.6 Å². The lowest BCUT2D eigenvalue weighted by molar-refractivity contribution is -0.176. The summed E-state index contributed by atoms with van der Waals surface area (Å²) in [5, 5.41) is 5.86. The van der Waals surface area contributed by atoms with E-state index in [1.807, 2.05) is 18.2 Å². The van der Waals surface area contributed by atoms with Gasteiger partial charge in [0.1, 0.15) is 6.61 Å². The first-order valence-corrected chi connectivity index (χ1v) is 10.4. The van der Waals surface area contributed by atoms with Crippen LogP contribution in [0.15, 0.2) is 54.6 Å². The van der Waals surface area contributed by atoms with Crippen LogP contribution in [0, 0.1) is 0 Å². The molecule has 0 unspecified atom stereocenters. The van der Waals surface area contributed by atoms with E-state index in [1.165, 1.54) is 0 Å². The number of piperidine rings is 1. The van der Waals surface area contributed by atoms with Crippen molar-refractivity contribution < 1.29 is 27.5 Å². The van der Waals surface area contributed by atoms with Crippen molar-refractivity contribution in [2.75, 3.05) is 19.7 Å². The lowest BCUT2D eigenvalue weighted by Crippen LogP contribution is -2.49. The second-order valence-corrected chi connectivity index (χ2v) is 7.68. The highest BCUT2D eigenvalue weighted by Crippen LogP contribution is 2.16. The monoisotopic (exact) mass is 449 g/mol. The molecule has 3 rings (SSSR count).